The molecule has 0 atom stereocenters. The van der Waals surface area contributed by atoms with Crippen molar-refractivity contribution >= 4 is 45.5 Å². The molecule has 1 saturated carbocycles. The van der Waals surface area contributed by atoms with Crippen molar-refractivity contribution in [3.63, 3.8) is 0 Å². The Labute approximate surface area is 142 Å². The van der Waals surface area contributed by atoms with Gasteiger partial charge < -0.3 is 5.32 Å². The number of carbonyl (C=O) groups excluding carboxylic acids is 1. The summed E-state index contributed by atoms with van der Waals surface area (Å²) in [5, 5.41) is 7.24. The van der Waals surface area contributed by atoms with E-state index in [1.807, 2.05) is 24.3 Å². The van der Waals surface area contributed by atoms with Crippen LogP contribution < -0.4 is 5.32 Å². The van der Waals surface area contributed by atoms with Gasteiger partial charge in [0.15, 0.2) is 0 Å². The van der Waals surface area contributed by atoms with Gasteiger partial charge >= 0.3 is 0 Å². The Balaban J connectivity index is 1.59. The minimum absolute atomic E-state index is 0.0686. The van der Waals surface area contributed by atoms with E-state index in [1.165, 1.54) is 18.4 Å². The SMILES string of the molecule is O=C(CN(Cc1ccsc1)C1CC1)Nc1cccc(I)c1. The third-order valence-corrected chi connectivity index (χ3v) is 4.89. The third kappa shape index (κ3) is 4.52. The van der Waals surface area contributed by atoms with Crippen LogP contribution in [0.25, 0.3) is 0 Å². The van der Waals surface area contributed by atoms with Gasteiger partial charge in [-0.2, -0.15) is 11.3 Å². The number of nitrogens with one attached hydrogen (secondary N) is 1. The molecule has 0 unspecified atom stereocenters. The molecule has 3 nitrogen and oxygen atoms in total. The van der Waals surface area contributed by atoms with E-state index in [4.69, 9.17) is 0 Å². The van der Waals surface area contributed by atoms with E-state index in [-0.39, 0.29) is 5.91 Å². The predicted molar refractivity (Wildman–Crippen MR) is 95.5 cm³/mol. The molecule has 5 heteroatoms. The third-order valence-electron chi connectivity index (χ3n) is 3.48. The van der Waals surface area contributed by atoms with Crippen LogP contribution in [0.15, 0.2) is 41.1 Å². The lowest BCUT2D eigenvalue weighted by molar-refractivity contribution is -0.117. The van der Waals surface area contributed by atoms with Gasteiger partial charge in [-0.15, -0.1) is 0 Å². The van der Waals surface area contributed by atoms with Gasteiger partial charge in [0.25, 0.3) is 0 Å². The molecular weight excluding hydrogens is 395 g/mol. The second kappa shape index (κ2) is 6.89. The van der Waals surface area contributed by atoms with Crippen LogP contribution in [-0.4, -0.2) is 23.4 Å². The zero-order valence-electron chi connectivity index (χ0n) is 11.6. The van der Waals surface area contributed by atoms with E-state index in [0.29, 0.717) is 12.6 Å². The minimum Gasteiger partial charge on any atom is -0.325 e. The largest absolute Gasteiger partial charge is 0.325 e. The molecule has 1 fully saturated rings. The Morgan fingerprint density at radius 2 is 2.24 bits per heavy atom. The van der Waals surface area contributed by atoms with Crippen LogP contribution in [0.5, 0.6) is 0 Å². The summed E-state index contributed by atoms with van der Waals surface area (Å²) >= 11 is 3.96. The highest BCUT2D eigenvalue weighted by atomic mass is 127. The van der Waals surface area contributed by atoms with Crippen molar-refractivity contribution in [3.8, 4) is 0 Å². The topological polar surface area (TPSA) is 32.3 Å². The van der Waals surface area contributed by atoms with Crippen LogP contribution in [0.4, 0.5) is 5.69 Å². The smallest absolute Gasteiger partial charge is 0.238 e. The Hall–Kier alpha value is -0.920. The summed E-state index contributed by atoms with van der Waals surface area (Å²) in [6, 6.07) is 10.6. The maximum absolute atomic E-state index is 12.2. The van der Waals surface area contributed by atoms with Crippen LogP contribution in [0, 0.1) is 3.57 Å². The minimum atomic E-state index is 0.0686. The number of halogens is 1. The van der Waals surface area contributed by atoms with E-state index in [9.17, 15) is 4.79 Å². The number of amides is 1. The quantitative estimate of drug-likeness (QED) is 0.729. The summed E-state index contributed by atoms with van der Waals surface area (Å²) in [6.45, 7) is 1.33. The van der Waals surface area contributed by atoms with Crippen molar-refractivity contribution < 1.29 is 4.79 Å². The molecule has 3 rings (SSSR count). The summed E-state index contributed by atoms with van der Waals surface area (Å²) in [4.78, 5) is 14.5. The summed E-state index contributed by atoms with van der Waals surface area (Å²) in [7, 11) is 0. The number of carbonyl (C=O) groups is 1. The van der Waals surface area contributed by atoms with Gasteiger partial charge in [0.2, 0.25) is 5.91 Å². The summed E-state index contributed by atoms with van der Waals surface area (Å²) in [5.74, 6) is 0.0686. The highest BCUT2D eigenvalue weighted by molar-refractivity contribution is 14.1. The zero-order valence-corrected chi connectivity index (χ0v) is 14.6. The molecule has 0 radical (unpaired) electrons. The van der Waals surface area contributed by atoms with Crippen LogP contribution >= 0.6 is 33.9 Å². The van der Waals surface area contributed by atoms with Gasteiger partial charge in [0, 0.05) is 21.8 Å². The fourth-order valence-corrected chi connectivity index (χ4v) is 3.53. The summed E-state index contributed by atoms with van der Waals surface area (Å²) in [5.41, 5.74) is 2.17. The van der Waals surface area contributed by atoms with E-state index in [1.54, 1.807) is 11.3 Å². The molecule has 21 heavy (non-hydrogen) atoms. The van der Waals surface area contributed by atoms with Crippen molar-refractivity contribution in [2.45, 2.75) is 25.4 Å². The Bertz CT molecular complexity index is 610. The van der Waals surface area contributed by atoms with Crippen molar-refractivity contribution in [1.82, 2.24) is 4.90 Å². The predicted octanol–water partition coefficient (Wildman–Crippen LogP) is 3.96. The molecule has 110 valence electrons. The van der Waals surface area contributed by atoms with Crippen molar-refractivity contribution in [1.29, 1.82) is 0 Å². The molecular formula is C16H17IN2OS. The Kier molecular flexibility index (Phi) is 4.92. The van der Waals surface area contributed by atoms with Gasteiger partial charge in [-0.3, -0.25) is 9.69 Å². The second-order valence-corrected chi connectivity index (χ2v) is 7.35. The maximum Gasteiger partial charge on any atom is 0.238 e. The van der Waals surface area contributed by atoms with Crippen molar-refractivity contribution in [2.24, 2.45) is 0 Å². The molecule has 0 spiro atoms. The van der Waals surface area contributed by atoms with Gasteiger partial charge in [0.05, 0.1) is 6.54 Å². The van der Waals surface area contributed by atoms with E-state index in [2.05, 4.69) is 49.6 Å². The van der Waals surface area contributed by atoms with Crippen LogP contribution in [0.2, 0.25) is 0 Å². The van der Waals surface area contributed by atoms with Crippen molar-refractivity contribution in [3.05, 3.63) is 50.2 Å². The first kappa shape index (κ1) is 15.0. The average molecular weight is 412 g/mol. The molecule has 1 aliphatic carbocycles. The van der Waals surface area contributed by atoms with Gasteiger partial charge in [-0.25, -0.2) is 0 Å². The van der Waals surface area contributed by atoms with Crippen LogP contribution in [-0.2, 0) is 11.3 Å². The van der Waals surface area contributed by atoms with E-state index in [0.717, 1.165) is 15.8 Å². The van der Waals surface area contributed by atoms with Gasteiger partial charge in [-0.1, -0.05) is 6.07 Å². The molecule has 1 aliphatic rings. The van der Waals surface area contributed by atoms with Crippen LogP contribution in [0.3, 0.4) is 0 Å². The number of hydrogen-bond acceptors (Lipinski definition) is 3. The normalized spacial score (nSPS) is 14.4. The number of rotatable bonds is 6. The number of anilines is 1. The highest BCUT2D eigenvalue weighted by Crippen LogP contribution is 2.28. The molecule has 1 aromatic carbocycles. The van der Waals surface area contributed by atoms with Gasteiger partial charge in [-0.05, 0) is 76.0 Å². The molecule has 1 N–H and O–H groups in total. The molecule has 0 saturated heterocycles. The zero-order chi connectivity index (χ0) is 14.7. The summed E-state index contributed by atoms with van der Waals surface area (Å²) < 4.78 is 1.13. The Morgan fingerprint density at radius 3 is 2.90 bits per heavy atom. The van der Waals surface area contributed by atoms with Gasteiger partial charge in [0.1, 0.15) is 0 Å². The summed E-state index contributed by atoms with van der Waals surface area (Å²) in [6.07, 6.45) is 2.42. The number of benzene rings is 1. The molecule has 2 aromatic rings. The molecule has 1 heterocycles. The average Bonchev–Trinajstić information content (AvgIpc) is 3.17. The van der Waals surface area contributed by atoms with E-state index >= 15 is 0 Å². The number of nitrogens with zero attached hydrogens (tertiary/aromatic N) is 1. The Morgan fingerprint density at radius 1 is 1.38 bits per heavy atom. The second-order valence-electron chi connectivity index (χ2n) is 5.33. The molecule has 1 aromatic heterocycles. The lowest BCUT2D eigenvalue weighted by atomic mass is 10.3. The fourth-order valence-electron chi connectivity index (χ4n) is 2.32. The molecule has 0 aliphatic heterocycles. The number of hydrogen-bond donors (Lipinski definition) is 1. The molecule has 1 amide bonds. The first-order chi connectivity index (χ1) is 10.2. The first-order valence-corrected chi connectivity index (χ1v) is 9.03. The molecule has 0 bridgehead atoms. The lowest BCUT2D eigenvalue weighted by Gasteiger charge is -2.20. The van der Waals surface area contributed by atoms with Crippen molar-refractivity contribution in [2.75, 3.05) is 11.9 Å². The standard InChI is InChI=1S/C16H17IN2OS/c17-13-2-1-3-14(8-13)18-16(20)10-19(15-4-5-15)9-12-6-7-21-11-12/h1-3,6-8,11,15H,4-5,9-10H2,(H,18,20). The fraction of sp³-hybridized carbons (Fsp3) is 0.312. The van der Waals surface area contributed by atoms with E-state index < -0.39 is 0 Å². The first-order valence-electron chi connectivity index (χ1n) is 7.01. The monoisotopic (exact) mass is 412 g/mol. The maximum atomic E-state index is 12.2. The van der Waals surface area contributed by atoms with Crippen LogP contribution in [0.1, 0.15) is 18.4 Å². The number of thiophene rings is 1. The highest BCUT2D eigenvalue weighted by Gasteiger charge is 2.30. The lowest BCUT2D eigenvalue weighted by Crippen LogP contribution is -2.34.